The van der Waals surface area contributed by atoms with E-state index in [4.69, 9.17) is 9.72 Å². The number of hydrogen-bond donors (Lipinski definition) is 0. The summed E-state index contributed by atoms with van der Waals surface area (Å²) in [5, 5.41) is 0. The van der Waals surface area contributed by atoms with Gasteiger partial charge in [0.25, 0.3) is 0 Å². The highest BCUT2D eigenvalue weighted by Gasteiger charge is 2.16. The number of nitrogens with zero attached hydrogens (tertiary/aromatic N) is 2. The van der Waals surface area contributed by atoms with Gasteiger partial charge < -0.3 is 9.30 Å². The minimum Gasteiger partial charge on any atom is -0.496 e. The van der Waals surface area contributed by atoms with Gasteiger partial charge in [0, 0.05) is 22.3 Å². The van der Waals surface area contributed by atoms with Crippen molar-refractivity contribution in [2.75, 3.05) is 7.11 Å². The van der Waals surface area contributed by atoms with Gasteiger partial charge in [-0.25, -0.2) is 4.98 Å². The number of ether oxygens (including phenoxy) is 1. The van der Waals surface area contributed by atoms with Crippen LogP contribution in [-0.2, 0) is 13.0 Å². The third-order valence-electron chi connectivity index (χ3n) is 4.34. The van der Waals surface area contributed by atoms with E-state index in [0.29, 0.717) is 0 Å². The molecule has 0 amide bonds. The van der Waals surface area contributed by atoms with Gasteiger partial charge >= 0.3 is 0 Å². The van der Waals surface area contributed by atoms with Crippen LogP contribution in [0.2, 0.25) is 0 Å². The molecule has 0 aliphatic carbocycles. The molecule has 25 heavy (non-hydrogen) atoms. The van der Waals surface area contributed by atoms with Crippen LogP contribution in [0.3, 0.4) is 0 Å². The lowest BCUT2D eigenvalue weighted by Crippen LogP contribution is -2.04. The Morgan fingerprint density at radius 3 is 2.56 bits per heavy atom. The number of aromatic nitrogens is 2. The fourth-order valence-electron chi connectivity index (χ4n) is 3.00. The van der Waals surface area contributed by atoms with Crippen molar-refractivity contribution < 1.29 is 4.74 Å². The van der Waals surface area contributed by atoms with E-state index in [1.807, 2.05) is 24.5 Å². The summed E-state index contributed by atoms with van der Waals surface area (Å²) in [5.74, 6) is 0.870. The highest BCUT2D eigenvalue weighted by Crippen LogP contribution is 2.32. The van der Waals surface area contributed by atoms with E-state index in [0.717, 1.165) is 47.3 Å². The molecule has 1 aromatic heterocycles. The number of methoxy groups -OCH3 is 1. The van der Waals surface area contributed by atoms with Crippen molar-refractivity contribution in [1.29, 1.82) is 0 Å². The van der Waals surface area contributed by atoms with Crippen molar-refractivity contribution in [3.8, 4) is 17.0 Å². The zero-order valence-electron chi connectivity index (χ0n) is 14.7. The van der Waals surface area contributed by atoms with Gasteiger partial charge in [-0.2, -0.15) is 0 Å². The largest absolute Gasteiger partial charge is 0.496 e. The van der Waals surface area contributed by atoms with E-state index in [9.17, 15) is 0 Å². The number of hydrogen-bond acceptors (Lipinski definition) is 2. The quantitative estimate of drug-likeness (QED) is 0.509. The molecule has 130 valence electrons. The minimum atomic E-state index is 0.828. The Bertz CT molecular complexity index is 824. The molecule has 3 aromatic rings. The second-order valence-corrected chi connectivity index (χ2v) is 7.01. The summed E-state index contributed by atoms with van der Waals surface area (Å²) < 4.78 is 8.91. The van der Waals surface area contributed by atoms with Crippen molar-refractivity contribution in [3.05, 3.63) is 70.6 Å². The summed E-state index contributed by atoms with van der Waals surface area (Å²) in [6.07, 6.45) is 5.28. The van der Waals surface area contributed by atoms with E-state index in [2.05, 4.69) is 57.8 Å². The Kier molecular flexibility index (Phi) is 5.92. The summed E-state index contributed by atoms with van der Waals surface area (Å²) in [5.41, 5.74) is 4.63. The van der Waals surface area contributed by atoms with Gasteiger partial charge in [0.1, 0.15) is 5.75 Å². The molecule has 0 aliphatic heterocycles. The molecule has 0 spiro atoms. The first-order valence-electron chi connectivity index (χ1n) is 8.64. The fourth-order valence-corrected chi connectivity index (χ4v) is 3.27. The summed E-state index contributed by atoms with van der Waals surface area (Å²) >= 11 is 3.50. The molecule has 0 unspecified atom stereocenters. The molecule has 0 aliphatic rings. The lowest BCUT2D eigenvalue weighted by atomic mass is 10.1. The van der Waals surface area contributed by atoms with Crippen LogP contribution in [0, 0.1) is 0 Å². The minimum absolute atomic E-state index is 0.828. The summed E-state index contributed by atoms with van der Waals surface area (Å²) in [6.45, 7) is 3.05. The summed E-state index contributed by atoms with van der Waals surface area (Å²) in [6, 6.07) is 16.6. The molecule has 0 saturated carbocycles. The van der Waals surface area contributed by atoms with Crippen LogP contribution < -0.4 is 4.74 Å². The van der Waals surface area contributed by atoms with E-state index in [-0.39, 0.29) is 0 Å². The Morgan fingerprint density at radius 2 is 1.84 bits per heavy atom. The van der Waals surface area contributed by atoms with Crippen LogP contribution in [0.5, 0.6) is 5.75 Å². The highest BCUT2D eigenvalue weighted by molar-refractivity contribution is 9.10. The Morgan fingerprint density at radius 1 is 1.08 bits per heavy atom. The molecule has 0 saturated heterocycles. The summed E-state index contributed by atoms with van der Waals surface area (Å²) in [4.78, 5) is 4.74. The predicted octanol–water partition coefficient (Wildman–Crippen LogP) is 5.71. The monoisotopic (exact) mass is 398 g/mol. The number of halogens is 1. The van der Waals surface area contributed by atoms with Crippen LogP contribution in [-0.4, -0.2) is 16.7 Å². The van der Waals surface area contributed by atoms with Gasteiger partial charge in [0.05, 0.1) is 19.1 Å². The molecule has 3 nitrogen and oxygen atoms in total. The smallest absolute Gasteiger partial charge is 0.128 e. The maximum absolute atomic E-state index is 5.55. The van der Waals surface area contributed by atoms with Crippen molar-refractivity contribution in [2.24, 2.45) is 0 Å². The van der Waals surface area contributed by atoms with Gasteiger partial charge in [-0.15, -0.1) is 0 Å². The van der Waals surface area contributed by atoms with Crippen LogP contribution in [0.4, 0.5) is 0 Å². The normalized spacial score (nSPS) is 10.8. The molecule has 3 rings (SSSR count). The van der Waals surface area contributed by atoms with Gasteiger partial charge in [-0.3, -0.25) is 0 Å². The highest BCUT2D eigenvalue weighted by atomic mass is 79.9. The number of imidazole rings is 1. The number of benzene rings is 2. The average Bonchev–Trinajstić information content (AvgIpc) is 3.04. The standard InChI is InChI=1S/C21H23BrN2O/c1-3-4-8-19-21(18-7-5-6-9-20(18)25-2)23-15-24(19)14-16-10-12-17(22)13-11-16/h5-7,9-13,15H,3-4,8,14H2,1-2H3. The lowest BCUT2D eigenvalue weighted by molar-refractivity contribution is 0.416. The first-order valence-corrected chi connectivity index (χ1v) is 9.44. The number of unbranched alkanes of at least 4 members (excludes halogenated alkanes) is 1. The van der Waals surface area contributed by atoms with Crippen LogP contribution >= 0.6 is 15.9 Å². The second kappa shape index (κ2) is 8.34. The molecular weight excluding hydrogens is 376 g/mol. The molecule has 0 fully saturated rings. The van der Waals surface area contributed by atoms with Crippen molar-refractivity contribution in [3.63, 3.8) is 0 Å². The van der Waals surface area contributed by atoms with E-state index < -0.39 is 0 Å². The SMILES string of the molecule is CCCCc1c(-c2ccccc2OC)ncn1Cc1ccc(Br)cc1. The van der Waals surface area contributed by atoms with Gasteiger partial charge in [0.2, 0.25) is 0 Å². The van der Waals surface area contributed by atoms with Crippen molar-refractivity contribution in [2.45, 2.75) is 32.7 Å². The first-order chi connectivity index (χ1) is 12.2. The zero-order chi connectivity index (χ0) is 17.6. The second-order valence-electron chi connectivity index (χ2n) is 6.10. The van der Waals surface area contributed by atoms with Crippen LogP contribution in [0.25, 0.3) is 11.3 Å². The maximum Gasteiger partial charge on any atom is 0.128 e. The maximum atomic E-state index is 5.55. The molecule has 0 N–H and O–H groups in total. The van der Waals surface area contributed by atoms with Crippen LogP contribution in [0.15, 0.2) is 59.3 Å². The van der Waals surface area contributed by atoms with Gasteiger partial charge in [-0.1, -0.05) is 53.5 Å². The molecule has 0 bridgehead atoms. The van der Waals surface area contributed by atoms with E-state index in [1.165, 1.54) is 11.3 Å². The third kappa shape index (κ3) is 4.13. The van der Waals surface area contributed by atoms with Gasteiger partial charge in [0.15, 0.2) is 0 Å². The Labute approximate surface area is 157 Å². The Hall–Kier alpha value is -2.07. The zero-order valence-corrected chi connectivity index (χ0v) is 16.3. The van der Waals surface area contributed by atoms with Crippen molar-refractivity contribution in [1.82, 2.24) is 9.55 Å². The van der Waals surface area contributed by atoms with Crippen molar-refractivity contribution >= 4 is 15.9 Å². The topological polar surface area (TPSA) is 27.1 Å². The molecule has 0 atom stereocenters. The van der Waals surface area contributed by atoms with E-state index in [1.54, 1.807) is 7.11 Å². The molecular formula is C21H23BrN2O. The lowest BCUT2D eigenvalue weighted by Gasteiger charge is -2.12. The van der Waals surface area contributed by atoms with Crippen LogP contribution in [0.1, 0.15) is 31.0 Å². The number of rotatable bonds is 7. The average molecular weight is 399 g/mol. The molecule has 1 heterocycles. The third-order valence-corrected chi connectivity index (χ3v) is 4.87. The Balaban J connectivity index is 1.99. The number of para-hydroxylation sites is 1. The fraction of sp³-hybridized carbons (Fsp3) is 0.286. The summed E-state index contributed by atoms with van der Waals surface area (Å²) in [7, 11) is 1.71. The first kappa shape index (κ1) is 17.7. The predicted molar refractivity (Wildman–Crippen MR) is 106 cm³/mol. The van der Waals surface area contributed by atoms with E-state index >= 15 is 0 Å². The molecule has 4 heteroatoms. The van der Waals surface area contributed by atoms with Gasteiger partial charge in [-0.05, 0) is 42.7 Å². The molecule has 2 aromatic carbocycles. The molecule has 0 radical (unpaired) electrons.